The van der Waals surface area contributed by atoms with E-state index in [4.69, 9.17) is 16.7 Å². The van der Waals surface area contributed by atoms with E-state index < -0.39 is 5.97 Å². The number of thioether (sulfide) groups is 1. The SMILES string of the molecule is CC1(Cn2cc(Cl)cc2C(=O)O)CCCS1. The van der Waals surface area contributed by atoms with Crippen LogP contribution in [0.2, 0.25) is 5.02 Å². The first kappa shape index (κ1) is 11.9. The fourth-order valence-corrected chi connectivity index (χ4v) is 3.63. The van der Waals surface area contributed by atoms with Crippen molar-refractivity contribution in [2.45, 2.75) is 31.1 Å². The molecule has 1 saturated heterocycles. The van der Waals surface area contributed by atoms with E-state index in [0.717, 1.165) is 12.2 Å². The predicted molar refractivity (Wildman–Crippen MR) is 66.5 cm³/mol. The number of nitrogens with zero attached hydrogens (tertiary/aromatic N) is 1. The van der Waals surface area contributed by atoms with Crippen LogP contribution in [0.5, 0.6) is 0 Å². The van der Waals surface area contributed by atoms with E-state index in [-0.39, 0.29) is 10.4 Å². The molecule has 1 aliphatic rings. The van der Waals surface area contributed by atoms with Crippen LogP contribution in [0.4, 0.5) is 0 Å². The Balaban J connectivity index is 2.23. The first-order valence-electron chi connectivity index (χ1n) is 5.23. The number of carboxylic acid groups (broad SMARTS) is 1. The van der Waals surface area contributed by atoms with Crippen LogP contribution in [0.25, 0.3) is 0 Å². The zero-order valence-electron chi connectivity index (χ0n) is 9.07. The molecule has 0 saturated carbocycles. The molecule has 2 rings (SSSR count). The smallest absolute Gasteiger partial charge is 0.352 e. The minimum absolute atomic E-state index is 0.145. The van der Waals surface area contributed by atoms with Gasteiger partial charge in [0, 0.05) is 17.5 Å². The van der Waals surface area contributed by atoms with Crippen molar-refractivity contribution in [2.24, 2.45) is 0 Å². The highest BCUT2D eigenvalue weighted by molar-refractivity contribution is 8.00. The van der Waals surface area contributed by atoms with Crippen LogP contribution in [0, 0.1) is 0 Å². The lowest BCUT2D eigenvalue weighted by Crippen LogP contribution is -2.25. The van der Waals surface area contributed by atoms with Crippen molar-refractivity contribution >= 4 is 29.3 Å². The summed E-state index contributed by atoms with van der Waals surface area (Å²) >= 11 is 7.76. The minimum atomic E-state index is -0.918. The van der Waals surface area contributed by atoms with Crippen molar-refractivity contribution in [3.8, 4) is 0 Å². The van der Waals surface area contributed by atoms with Crippen molar-refractivity contribution in [3.63, 3.8) is 0 Å². The average Bonchev–Trinajstić information content (AvgIpc) is 2.73. The summed E-state index contributed by atoms with van der Waals surface area (Å²) < 4.78 is 1.90. The van der Waals surface area contributed by atoms with Gasteiger partial charge in [0.25, 0.3) is 0 Å². The zero-order chi connectivity index (χ0) is 11.8. The molecule has 16 heavy (non-hydrogen) atoms. The number of hydrogen-bond acceptors (Lipinski definition) is 2. The van der Waals surface area contributed by atoms with Gasteiger partial charge in [0.05, 0.1) is 5.02 Å². The first-order valence-corrected chi connectivity index (χ1v) is 6.59. The third kappa shape index (κ3) is 2.38. The molecule has 0 amide bonds. The molecule has 1 fully saturated rings. The van der Waals surface area contributed by atoms with Gasteiger partial charge in [-0.25, -0.2) is 4.79 Å². The molecule has 0 aliphatic carbocycles. The Morgan fingerprint density at radius 2 is 2.50 bits per heavy atom. The quantitative estimate of drug-likeness (QED) is 0.907. The molecule has 1 aromatic heterocycles. The monoisotopic (exact) mass is 259 g/mol. The van der Waals surface area contributed by atoms with E-state index in [1.54, 1.807) is 10.8 Å². The van der Waals surface area contributed by atoms with Gasteiger partial charge in [-0.05, 0) is 31.6 Å². The number of carbonyl (C=O) groups is 1. The second-order valence-electron chi connectivity index (χ2n) is 4.38. The van der Waals surface area contributed by atoms with Crippen molar-refractivity contribution < 1.29 is 9.90 Å². The average molecular weight is 260 g/mol. The Bertz CT molecular complexity index is 410. The highest BCUT2D eigenvalue weighted by atomic mass is 35.5. The summed E-state index contributed by atoms with van der Waals surface area (Å²) in [6, 6.07) is 1.51. The highest BCUT2D eigenvalue weighted by Gasteiger charge is 2.31. The molecule has 1 aliphatic heterocycles. The number of rotatable bonds is 3. The van der Waals surface area contributed by atoms with E-state index in [1.807, 2.05) is 11.8 Å². The van der Waals surface area contributed by atoms with E-state index in [1.165, 1.54) is 12.5 Å². The fraction of sp³-hybridized carbons (Fsp3) is 0.545. The molecule has 1 atom stereocenters. The molecular weight excluding hydrogens is 246 g/mol. The number of halogens is 1. The molecule has 0 radical (unpaired) electrons. The van der Waals surface area contributed by atoms with E-state index in [0.29, 0.717) is 11.6 Å². The van der Waals surface area contributed by atoms with Crippen LogP contribution in [0.15, 0.2) is 12.3 Å². The number of carboxylic acids is 1. The molecule has 3 nitrogen and oxygen atoms in total. The van der Waals surface area contributed by atoms with Gasteiger partial charge in [-0.15, -0.1) is 0 Å². The Morgan fingerprint density at radius 1 is 1.75 bits per heavy atom. The summed E-state index contributed by atoms with van der Waals surface area (Å²) in [7, 11) is 0. The molecule has 1 aromatic rings. The number of aromatic nitrogens is 1. The molecule has 0 bridgehead atoms. The standard InChI is InChI=1S/C11H14ClNO2S/c1-11(3-2-4-16-11)7-13-6-8(12)5-9(13)10(14)15/h5-6H,2-4,7H2,1H3,(H,14,15). The summed E-state index contributed by atoms with van der Waals surface area (Å²) in [6.07, 6.45) is 4.04. The second kappa shape index (κ2) is 4.34. The zero-order valence-corrected chi connectivity index (χ0v) is 10.6. The largest absolute Gasteiger partial charge is 0.477 e. The maximum Gasteiger partial charge on any atom is 0.352 e. The topological polar surface area (TPSA) is 42.2 Å². The summed E-state index contributed by atoms with van der Waals surface area (Å²) in [5, 5.41) is 9.54. The molecule has 2 heterocycles. The van der Waals surface area contributed by atoms with Crippen LogP contribution >= 0.6 is 23.4 Å². The normalized spacial score (nSPS) is 24.9. The molecule has 0 aromatic carbocycles. The number of hydrogen-bond donors (Lipinski definition) is 1. The second-order valence-corrected chi connectivity index (χ2v) is 6.50. The van der Waals surface area contributed by atoms with Crippen LogP contribution in [0.3, 0.4) is 0 Å². The van der Waals surface area contributed by atoms with Crippen LogP contribution in [-0.2, 0) is 6.54 Å². The maximum absolute atomic E-state index is 11.0. The van der Waals surface area contributed by atoms with Crippen molar-refractivity contribution in [2.75, 3.05) is 5.75 Å². The van der Waals surface area contributed by atoms with Crippen LogP contribution in [0.1, 0.15) is 30.3 Å². The highest BCUT2D eigenvalue weighted by Crippen LogP contribution is 2.39. The Kier molecular flexibility index (Phi) is 3.22. The maximum atomic E-state index is 11.0. The lowest BCUT2D eigenvalue weighted by atomic mass is 10.1. The van der Waals surface area contributed by atoms with Gasteiger partial charge >= 0.3 is 5.97 Å². The Labute approximate surface area is 104 Å². The van der Waals surface area contributed by atoms with E-state index in [9.17, 15) is 4.79 Å². The summed E-state index contributed by atoms with van der Waals surface area (Å²) in [5.41, 5.74) is 0.277. The first-order chi connectivity index (χ1) is 7.50. The third-order valence-electron chi connectivity index (χ3n) is 2.89. The third-order valence-corrected chi connectivity index (χ3v) is 4.62. The molecule has 1 N–H and O–H groups in total. The molecule has 1 unspecified atom stereocenters. The van der Waals surface area contributed by atoms with Gasteiger partial charge in [-0.1, -0.05) is 11.6 Å². The van der Waals surface area contributed by atoms with Crippen molar-refractivity contribution in [3.05, 3.63) is 23.0 Å². The van der Waals surface area contributed by atoms with Crippen molar-refractivity contribution in [1.29, 1.82) is 0 Å². The van der Waals surface area contributed by atoms with Gasteiger partial charge in [0.15, 0.2) is 0 Å². The van der Waals surface area contributed by atoms with Gasteiger partial charge in [0.1, 0.15) is 5.69 Å². The van der Waals surface area contributed by atoms with Crippen LogP contribution in [-0.4, -0.2) is 26.1 Å². The fourth-order valence-electron chi connectivity index (χ4n) is 2.11. The van der Waals surface area contributed by atoms with Gasteiger partial charge in [-0.3, -0.25) is 0 Å². The van der Waals surface area contributed by atoms with Crippen LogP contribution < -0.4 is 0 Å². The van der Waals surface area contributed by atoms with Gasteiger partial charge in [-0.2, -0.15) is 11.8 Å². The predicted octanol–water partition coefficient (Wildman–Crippen LogP) is 3.13. The minimum Gasteiger partial charge on any atom is -0.477 e. The lowest BCUT2D eigenvalue weighted by molar-refractivity contribution is 0.0684. The molecule has 0 spiro atoms. The number of aromatic carboxylic acids is 1. The Hall–Kier alpha value is -0.610. The van der Waals surface area contributed by atoms with Crippen molar-refractivity contribution in [1.82, 2.24) is 4.57 Å². The van der Waals surface area contributed by atoms with Gasteiger partial charge < -0.3 is 9.67 Å². The Morgan fingerprint density at radius 3 is 3.06 bits per heavy atom. The summed E-state index contributed by atoms with van der Waals surface area (Å²) in [6.45, 7) is 2.90. The van der Waals surface area contributed by atoms with E-state index >= 15 is 0 Å². The lowest BCUT2D eigenvalue weighted by Gasteiger charge is -2.23. The molecular formula is C11H14ClNO2S. The van der Waals surface area contributed by atoms with E-state index in [2.05, 4.69) is 6.92 Å². The van der Waals surface area contributed by atoms with Gasteiger partial charge in [0.2, 0.25) is 0 Å². The summed E-state index contributed by atoms with van der Waals surface area (Å²) in [5.74, 6) is 0.243. The molecule has 5 heteroatoms. The molecule has 88 valence electrons. The summed E-state index contributed by atoms with van der Waals surface area (Å²) in [4.78, 5) is 11.0.